The highest BCUT2D eigenvalue weighted by Crippen LogP contribution is 2.32. The van der Waals surface area contributed by atoms with Gasteiger partial charge in [-0.05, 0) is 26.0 Å². The number of hydrogen-bond donors (Lipinski definition) is 0. The van der Waals surface area contributed by atoms with Crippen LogP contribution in [0.4, 0.5) is 0 Å². The molecule has 4 nitrogen and oxygen atoms in total. The van der Waals surface area contributed by atoms with Crippen LogP contribution < -0.4 is 4.74 Å². The lowest BCUT2D eigenvalue weighted by molar-refractivity contribution is -0.0823. The van der Waals surface area contributed by atoms with Crippen LogP contribution in [0, 0.1) is 0 Å². The van der Waals surface area contributed by atoms with Crippen LogP contribution in [0.15, 0.2) is 24.3 Å². The molecule has 20 heavy (non-hydrogen) atoms. The van der Waals surface area contributed by atoms with E-state index in [2.05, 4.69) is 0 Å². The van der Waals surface area contributed by atoms with Crippen molar-refractivity contribution in [2.45, 2.75) is 32.3 Å². The van der Waals surface area contributed by atoms with Crippen LogP contribution in [0.1, 0.15) is 37.0 Å². The average molecular weight is 278 g/mol. The van der Waals surface area contributed by atoms with E-state index in [-0.39, 0.29) is 5.78 Å². The van der Waals surface area contributed by atoms with Crippen LogP contribution in [0.3, 0.4) is 0 Å². The summed E-state index contributed by atoms with van der Waals surface area (Å²) in [4.78, 5) is 12.9. The number of carbonyl (C=O) groups is 1. The van der Waals surface area contributed by atoms with Crippen molar-refractivity contribution in [2.24, 2.45) is 0 Å². The van der Waals surface area contributed by atoms with Crippen LogP contribution in [0.25, 0.3) is 0 Å². The summed E-state index contributed by atoms with van der Waals surface area (Å²) in [6.07, 6.45) is 1.19. The normalized spacial score (nSPS) is 17.7. The van der Waals surface area contributed by atoms with Crippen molar-refractivity contribution in [3.63, 3.8) is 0 Å². The van der Waals surface area contributed by atoms with Crippen molar-refractivity contribution in [2.75, 3.05) is 26.4 Å². The monoisotopic (exact) mass is 278 g/mol. The first-order chi connectivity index (χ1) is 9.73. The van der Waals surface area contributed by atoms with E-state index in [0.29, 0.717) is 50.6 Å². The highest BCUT2D eigenvalue weighted by atomic mass is 16.5. The molecule has 0 unspecified atom stereocenters. The van der Waals surface area contributed by atoms with E-state index >= 15 is 0 Å². The van der Waals surface area contributed by atoms with E-state index in [1.165, 1.54) is 0 Å². The topological polar surface area (TPSA) is 44.8 Å². The molecule has 1 aliphatic heterocycles. The standard InChI is InChI=1S/C16H22O4/c1-3-19-14-8-6-5-7-13(14)15(17)16(20-4-2)9-11-18-12-10-16/h5-8H,3-4,9-12H2,1-2H3. The van der Waals surface area contributed by atoms with E-state index in [1.807, 2.05) is 38.1 Å². The average Bonchev–Trinajstić information content (AvgIpc) is 2.49. The molecule has 0 atom stereocenters. The fourth-order valence-corrected chi connectivity index (χ4v) is 2.60. The Morgan fingerprint density at radius 1 is 1.20 bits per heavy atom. The molecule has 1 aliphatic rings. The lowest BCUT2D eigenvalue weighted by Gasteiger charge is -2.35. The Kier molecular flexibility index (Phi) is 5.15. The fourth-order valence-electron chi connectivity index (χ4n) is 2.60. The minimum atomic E-state index is -0.764. The Balaban J connectivity index is 2.32. The van der Waals surface area contributed by atoms with Crippen LogP contribution in [0.2, 0.25) is 0 Å². The first kappa shape index (κ1) is 15.0. The molecule has 0 radical (unpaired) electrons. The van der Waals surface area contributed by atoms with Crippen LogP contribution in [-0.2, 0) is 9.47 Å². The summed E-state index contributed by atoms with van der Waals surface area (Å²) in [5.74, 6) is 0.636. The molecule has 0 aliphatic carbocycles. The third-order valence-corrected chi connectivity index (χ3v) is 3.57. The molecule has 110 valence electrons. The zero-order chi connectivity index (χ0) is 14.4. The molecule has 1 fully saturated rings. The summed E-state index contributed by atoms with van der Waals surface area (Å²) in [6.45, 7) is 6.00. The lowest BCUT2D eigenvalue weighted by atomic mass is 9.85. The van der Waals surface area contributed by atoms with Gasteiger partial charge in [0.1, 0.15) is 11.4 Å². The second kappa shape index (κ2) is 6.86. The Labute approximate surface area is 120 Å². The number of ketones is 1. The highest BCUT2D eigenvalue weighted by molar-refractivity contribution is 6.04. The zero-order valence-electron chi connectivity index (χ0n) is 12.2. The van der Waals surface area contributed by atoms with Gasteiger partial charge in [0, 0.05) is 32.7 Å². The van der Waals surface area contributed by atoms with E-state index in [0.717, 1.165) is 0 Å². The molecular formula is C16H22O4. The number of rotatable bonds is 6. The molecule has 1 aromatic rings. The molecule has 0 amide bonds. The summed E-state index contributed by atoms with van der Waals surface area (Å²) >= 11 is 0. The molecule has 0 saturated carbocycles. The molecule has 1 heterocycles. The molecule has 4 heteroatoms. The molecule has 0 spiro atoms. The Morgan fingerprint density at radius 3 is 2.55 bits per heavy atom. The van der Waals surface area contributed by atoms with Crippen LogP contribution in [-0.4, -0.2) is 37.8 Å². The molecule has 2 rings (SSSR count). The van der Waals surface area contributed by atoms with Gasteiger partial charge in [-0.2, -0.15) is 0 Å². The fraction of sp³-hybridized carbons (Fsp3) is 0.562. The number of Topliss-reactive ketones (excluding diaryl/α,β-unsaturated/α-hetero) is 1. The number of para-hydroxylation sites is 1. The smallest absolute Gasteiger partial charge is 0.198 e. The molecule has 1 saturated heterocycles. The maximum Gasteiger partial charge on any atom is 0.198 e. The maximum atomic E-state index is 12.9. The van der Waals surface area contributed by atoms with Gasteiger partial charge in [0.25, 0.3) is 0 Å². The number of hydrogen-bond acceptors (Lipinski definition) is 4. The largest absolute Gasteiger partial charge is 0.493 e. The van der Waals surface area contributed by atoms with E-state index in [4.69, 9.17) is 14.2 Å². The molecule has 0 aromatic heterocycles. The van der Waals surface area contributed by atoms with Gasteiger partial charge in [-0.3, -0.25) is 4.79 Å². The Bertz CT molecular complexity index is 444. The molecular weight excluding hydrogens is 256 g/mol. The van der Waals surface area contributed by atoms with E-state index in [1.54, 1.807) is 0 Å². The first-order valence-corrected chi connectivity index (χ1v) is 7.22. The predicted octanol–water partition coefficient (Wildman–Crippen LogP) is 2.85. The SMILES string of the molecule is CCOc1ccccc1C(=O)C1(OCC)CCOCC1. The van der Waals surface area contributed by atoms with Crippen LogP contribution in [0.5, 0.6) is 5.75 Å². The molecule has 0 N–H and O–H groups in total. The molecule has 1 aromatic carbocycles. The Hall–Kier alpha value is -1.39. The van der Waals surface area contributed by atoms with Gasteiger partial charge in [-0.1, -0.05) is 12.1 Å². The van der Waals surface area contributed by atoms with E-state index in [9.17, 15) is 4.79 Å². The van der Waals surface area contributed by atoms with Crippen LogP contribution >= 0.6 is 0 Å². The predicted molar refractivity (Wildman–Crippen MR) is 76.4 cm³/mol. The summed E-state index contributed by atoms with van der Waals surface area (Å²) in [6, 6.07) is 7.37. The minimum absolute atomic E-state index is 0.00620. The van der Waals surface area contributed by atoms with Crippen molar-refractivity contribution in [3.05, 3.63) is 29.8 Å². The Morgan fingerprint density at radius 2 is 1.90 bits per heavy atom. The summed E-state index contributed by atoms with van der Waals surface area (Å²) in [5.41, 5.74) is -0.162. The van der Waals surface area contributed by atoms with Gasteiger partial charge < -0.3 is 14.2 Å². The van der Waals surface area contributed by atoms with Crippen molar-refractivity contribution < 1.29 is 19.0 Å². The van der Waals surface area contributed by atoms with Crippen molar-refractivity contribution in [1.82, 2.24) is 0 Å². The second-order valence-corrected chi connectivity index (χ2v) is 4.80. The third-order valence-electron chi connectivity index (χ3n) is 3.57. The zero-order valence-corrected chi connectivity index (χ0v) is 12.2. The third kappa shape index (κ3) is 3.02. The minimum Gasteiger partial charge on any atom is -0.493 e. The highest BCUT2D eigenvalue weighted by Gasteiger charge is 2.42. The number of benzene rings is 1. The lowest BCUT2D eigenvalue weighted by Crippen LogP contribution is -2.46. The van der Waals surface area contributed by atoms with Gasteiger partial charge in [0.2, 0.25) is 0 Å². The number of carbonyl (C=O) groups excluding carboxylic acids is 1. The van der Waals surface area contributed by atoms with Gasteiger partial charge >= 0.3 is 0 Å². The van der Waals surface area contributed by atoms with Gasteiger partial charge in [0.15, 0.2) is 5.78 Å². The second-order valence-electron chi connectivity index (χ2n) is 4.80. The van der Waals surface area contributed by atoms with Gasteiger partial charge in [0.05, 0.1) is 12.2 Å². The first-order valence-electron chi connectivity index (χ1n) is 7.22. The summed E-state index contributed by atoms with van der Waals surface area (Å²) in [7, 11) is 0. The van der Waals surface area contributed by atoms with E-state index < -0.39 is 5.60 Å². The quantitative estimate of drug-likeness (QED) is 0.751. The number of ether oxygens (including phenoxy) is 3. The van der Waals surface area contributed by atoms with Crippen molar-refractivity contribution in [3.8, 4) is 5.75 Å². The van der Waals surface area contributed by atoms with Gasteiger partial charge in [-0.15, -0.1) is 0 Å². The summed E-state index contributed by atoms with van der Waals surface area (Å²) < 4.78 is 16.8. The van der Waals surface area contributed by atoms with Crippen molar-refractivity contribution >= 4 is 5.78 Å². The van der Waals surface area contributed by atoms with Gasteiger partial charge in [-0.25, -0.2) is 0 Å². The maximum absolute atomic E-state index is 12.9. The summed E-state index contributed by atoms with van der Waals surface area (Å²) in [5, 5.41) is 0. The molecule has 0 bridgehead atoms. The van der Waals surface area contributed by atoms with Crippen molar-refractivity contribution in [1.29, 1.82) is 0 Å².